The van der Waals surface area contributed by atoms with Crippen molar-refractivity contribution < 1.29 is 80.2 Å². The third-order valence-electron chi connectivity index (χ3n) is 16.4. The summed E-state index contributed by atoms with van der Waals surface area (Å²) in [5.74, 6) is 0.496. The Morgan fingerprint density at radius 2 is 0.852 bits per heavy atom. The van der Waals surface area contributed by atoms with Gasteiger partial charge in [0.15, 0.2) is 46.5 Å². The fourth-order valence-corrected chi connectivity index (χ4v) is 10.6. The minimum atomic E-state index is -0.632. The molecule has 0 spiro atoms. The van der Waals surface area contributed by atoms with Crippen LogP contribution in [0.1, 0.15) is 12.8 Å². The number of nitrogen functional groups attached to an aromatic ring is 1. The number of hydrogen-bond donors (Lipinski definition) is 12. The number of carbonyl (C=O) groups excluding carboxylic acids is 3. The van der Waals surface area contributed by atoms with Crippen LogP contribution < -0.4 is 82.5 Å². The number of nitrogens with one attached hydrogen (secondary N) is 9. The maximum atomic E-state index is 14.3. The molecule has 0 atom stereocenters. The second kappa shape index (κ2) is 46.9. The Balaban J connectivity index is 0.000000171. The normalized spacial score (nSPS) is 11.2. The molecule has 33 nitrogen and oxygen atoms in total. The number of benzene rings is 8. The average Bonchev–Trinajstić information content (AvgIpc) is 0.887. The first-order valence-corrected chi connectivity index (χ1v) is 37.5. The molecule has 0 saturated carbocycles. The minimum absolute atomic E-state index is 0.00646. The van der Waals surface area contributed by atoms with Gasteiger partial charge < -0.3 is 102 Å². The van der Waals surface area contributed by atoms with Crippen LogP contribution in [0.2, 0.25) is 0 Å². The minimum Gasteiger partial charge on any atom is -0.491 e. The molecule has 1 aliphatic rings. The summed E-state index contributed by atoms with van der Waals surface area (Å²) in [6.45, 7) is 6.56. The summed E-state index contributed by atoms with van der Waals surface area (Å²) in [6.07, 6.45) is 5.82. The smallest absolute Gasteiger partial charge is 0.253 e. The summed E-state index contributed by atoms with van der Waals surface area (Å²) in [5, 5.41) is 44.9. The number of hydroxylamine groups is 1. The zero-order valence-electron chi connectivity index (χ0n) is 66.5. The first kappa shape index (κ1) is 89.5. The molecule has 8 aromatic carbocycles. The van der Waals surface area contributed by atoms with E-state index in [1.807, 2.05) is 24.3 Å². The number of amides is 3. The number of aliphatic hydroxyl groups excluding tert-OH is 2. The number of nitrogens with zero attached hydrogens (tertiary/aromatic N) is 10. The molecular weight excluding hydrogens is 1590 g/mol. The Morgan fingerprint density at radius 3 is 1.26 bits per heavy atom. The maximum absolute atomic E-state index is 14.3. The van der Waals surface area contributed by atoms with E-state index in [1.54, 1.807) is 203 Å². The molecule has 1 saturated heterocycles. The maximum Gasteiger partial charge on any atom is 0.253 e. The number of anilines is 20. The highest BCUT2D eigenvalue weighted by molar-refractivity contribution is 5.99. The molecule has 13 N–H and O–H groups in total. The van der Waals surface area contributed by atoms with E-state index >= 15 is 0 Å². The van der Waals surface area contributed by atoms with Gasteiger partial charge in [0.25, 0.3) is 5.91 Å². The molecule has 122 heavy (non-hydrogen) atoms. The zero-order chi connectivity index (χ0) is 86.4. The third-order valence-corrected chi connectivity index (χ3v) is 16.4. The molecule has 5 heterocycles. The van der Waals surface area contributed by atoms with E-state index in [1.165, 1.54) is 5.06 Å². The van der Waals surface area contributed by atoms with E-state index < -0.39 is 23.3 Å². The van der Waals surface area contributed by atoms with Gasteiger partial charge in [-0.3, -0.25) is 19.2 Å². The highest BCUT2D eigenvalue weighted by Gasteiger charge is 2.24. The largest absolute Gasteiger partial charge is 0.491 e. The molecule has 13 rings (SSSR count). The van der Waals surface area contributed by atoms with Crippen LogP contribution in [0.5, 0.6) is 23.0 Å². The van der Waals surface area contributed by atoms with Crippen LogP contribution in [0.4, 0.5) is 133 Å². The Bertz CT molecular complexity index is 5380. The van der Waals surface area contributed by atoms with Gasteiger partial charge in [0.2, 0.25) is 35.6 Å². The van der Waals surface area contributed by atoms with E-state index in [0.29, 0.717) is 127 Å². The van der Waals surface area contributed by atoms with Crippen LogP contribution >= 0.6 is 0 Å². The third kappa shape index (κ3) is 28.7. The molecule has 3 amide bonds. The van der Waals surface area contributed by atoms with Crippen molar-refractivity contribution in [2.24, 2.45) is 0 Å². The highest BCUT2D eigenvalue weighted by atomic mass is 19.1. The second-order valence-corrected chi connectivity index (χ2v) is 25.5. The van der Waals surface area contributed by atoms with Gasteiger partial charge in [-0.25, -0.2) is 37.5 Å². The number of rotatable bonds is 37. The fourth-order valence-electron chi connectivity index (χ4n) is 10.6. The Labute approximate surface area is 698 Å². The van der Waals surface area contributed by atoms with Gasteiger partial charge in [0, 0.05) is 90.9 Å². The lowest BCUT2D eigenvalue weighted by Gasteiger charge is -2.18. The van der Waals surface area contributed by atoms with Crippen molar-refractivity contribution >= 4 is 133 Å². The van der Waals surface area contributed by atoms with Gasteiger partial charge in [-0.15, -0.1) is 0 Å². The molecule has 0 radical (unpaired) electrons. The van der Waals surface area contributed by atoms with E-state index in [4.69, 9.17) is 53.9 Å². The lowest BCUT2D eigenvalue weighted by molar-refractivity contribution is -0.119. The Morgan fingerprint density at radius 1 is 0.467 bits per heavy atom. The summed E-state index contributed by atoms with van der Waals surface area (Å²) in [6, 6.07) is 56.1. The molecule has 37 heteroatoms. The summed E-state index contributed by atoms with van der Waals surface area (Å²) in [5.41, 5.74) is 13.1. The van der Waals surface area contributed by atoms with Crippen LogP contribution in [-0.4, -0.2) is 162 Å². The van der Waals surface area contributed by atoms with Crippen LogP contribution in [0.25, 0.3) is 0 Å². The number of aliphatic hydroxyl groups is 2. The Kier molecular flexibility index (Phi) is 34.4. The number of aromatic nitrogens is 8. The topological polar surface area (TPSA) is 409 Å². The van der Waals surface area contributed by atoms with Crippen LogP contribution in [-0.2, 0) is 33.4 Å². The van der Waals surface area contributed by atoms with Crippen molar-refractivity contribution in [2.45, 2.75) is 12.8 Å². The van der Waals surface area contributed by atoms with E-state index in [2.05, 4.69) is 94.3 Å². The number of ether oxygens (including phenoxy) is 7. The van der Waals surface area contributed by atoms with Crippen molar-refractivity contribution in [1.29, 1.82) is 0 Å². The number of methoxy groups -OCH3 is 3. The molecule has 634 valence electrons. The lowest BCUT2D eigenvalue weighted by Crippen LogP contribution is -2.22. The molecule has 0 bridgehead atoms. The zero-order valence-corrected chi connectivity index (χ0v) is 66.5. The van der Waals surface area contributed by atoms with Gasteiger partial charge in [-0.1, -0.05) is 30.8 Å². The first-order valence-electron chi connectivity index (χ1n) is 37.5. The van der Waals surface area contributed by atoms with Gasteiger partial charge >= 0.3 is 0 Å². The van der Waals surface area contributed by atoms with Crippen LogP contribution in [0, 0.1) is 23.3 Å². The van der Waals surface area contributed by atoms with E-state index in [0.717, 1.165) is 48.0 Å². The van der Waals surface area contributed by atoms with Crippen molar-refractivity contribution in [2.75, 3.05) is 158 Å². The fraction of sp³-hybridized carbons (Fsp3) is 0.188. The molecule has 1 fully saturated rings. The number of nitrogens with two attached hydrogens (primary N) is 1. The molecule has 0 aliphatic carbocycles. The Hall–Kier alpha value is -14.9. The summed E-state index contributed by atoms with van der Waals surface area (Å²) in [7, 11) is 6.60. The van der Waals surface area contributed by atoms with Crippen LogP contribution in [0.15, 0.2) is 232 Å². The number of halogens is 4. The number of hydrogen-bond acceptors (Lipinski definition) is 30. The van der Waals surface area contributed by atoms with Crippen molar-refractivity contribution in [3.05, 3.63) is 255 Å². The van der Waals surface area contributed by atoms with Gasteiger partial charge in [-0.05, 0) is 176 Å². The van der Waals surface area contributed by atoms with Gasteiger partial charge in [0.1, 0.15) is 49.4 Å². The van der Waals surface area contributed by atoms with Crippen molar-refractivity contribution in [1.82, 2.24) is 39.9 Å². The summed E-state index contributed by atoms with van der Waals surface area (Å²) in [4.78, 5) is 74.9. The average molecular weight is 1670 g/mol. The standard InChI is InChI=1S/C22H22FN5O4.C22H24FN5O4.C22H22FN5O3.C19H20FN5O2/c1-30-11-12-31-18-7-5-15(6-8-18)26-22-24-14-19(23)21(27-22)25-16-3-2-4-17(13-16)28-20(29)9-10-32-28;1-31-11-12-32-18-7-5-15(6-8-18)27-22-24-14-19(23)21(28-22)26-17-4-2-3-16(13-17)25-20(30)9-10-29;1-3-20(30)25-15-5-4-6-16(13-15)26-21-19(23)14-24-22(27-21)28(2)17-7-9-18(10-8-17)31-12-11-29;1-26-9-10-27-16-7-5-14(6-8-16)24-19-22-12-17(20)18(25-19)23-15-4-2-3-13(21)11-15/h2-8,13-14H,9-12H2,1H3,(H2,24,25,26,27);2-8,13-14,29H,9-12H2,1H3,(H,25,30)(H2,24,26,27,28);3-10,13-14,29H,1,11-12H2,2H3,(H,25,30)(H,24,26,27);2-8,11-12H,9-10,21H2,1H3,(H2,22,23,24,25). The monoisotopic (exact) mass is 1670 g/mol. The predicted octanol–water partition coefficient (Wildman–Crippen LogP) is 14.6. The summed E-state index contributed by atoms with van der Waals surface area (Å²) >= 11 is 0. The predicted molar refractivity (Wildman–Crippen MR) is 457 cm³/mol. The van der Waals surface area contributed by atoms with Crippen LogP contribution in [0.3, 0.4) is 0 Å². The van der Waals surface area contributed by atoms with Gasteiger partial charge in [0.05, 0.1) is 83.0 Å². The van der Waals surface area contributed by atoms with Gasteiger partial charge in [-0.2, -0.15) is 25.0 Å². The lowest BCUT2D eigenvalue weighted by atomic mass is 10.2. The molecular formula is C85H88F4N20O13. The second-order valence-electron chi connectivity index (χ2n) is 25.5. The first-order chi connectivity index (χ1) is 59.3. The summed E-state index contributed by atoms with van der Waals surface area (Å²) < 4.78 is 93.7. The molecule has 12 aromatic rings. The quantitative estimate of drug-likeness (QED) is 0.00744. The molecule has 4 aromatic heterocycles. The van der Waals surface area contributed by atoms with Crippen molar-refractivity contribution in [3.63, 3.8) is 0 Å². The van der Waals surface area contributed by atoms with Crippen molar-refractivity contribution in [3.8, 4) is 23.0 Å². The van der Waals surface area contributed by atoms with E-state index in [9.17, 15) is 31.9 Å². The van der Waals surface area contributed by atoms with E-state index in [-0.39, 0.29) is 91.0 Å². The highest BCUT2D eigenvalue weighted by Crippen LogP contribution is 2.32. The molecule has 0 unspecified atom stereocenters. The molecule has 1 aliphatic heterocycles. The number of carbonyl (C=O) groups is 3. The SMILES string of the molecule is C=CC(=O)Nc1cccc(Nc2nc(N(C)c3ccc(OCCO)cc3)ncc2F)c1.COCCOc1ccc(Nc2ncc(F)c(Nc3cccc(N)c3)n2)cc1.COCCOc1ccc(Nc2ncc(F)c(Nc3cccc(N4OCCC4=O)c3)n2)cc1.COCCOc1ccc(Nc2ncc(F)c(Nc3cccc(NC(=O)CCO)c3)n2)cc1.